The predicted molar refractivity (Wildman–Crippen MR) is 126 cm³/mol. The van der Waals surface area contributed by atoms with E-state index in [0.717, 1.165) is 17.5 Å². The van der Waals surface area contributed by atoms with Crippen molar-refractivity contribution in [2.24, 2.45) is 5.41 Å². The summed E-state index contributed by atoms with van der Waals surface area (Å²) in [5, 5.41) is 6.02. The highest BCUT2D eigenvalue weighted by atomic mass is 16.5. The molecule has 0 aromatic heterocycles. The van der Waals surface area contributed by atoms with E-state index in [9.17, 15) is 14.4 Å². The highest BCUT2D eigenvalue weighted by molar-refractivity contribution is 6.10. The van der Waals surface area contributed by atoms with Gasteiger partial charge in [-0.3, -0.25) is 14.4 Å². The molecular weight excluding hydrogens is 418 g/mol. The molecule has 0 saturated carbocycles. The van der Waals surface area contributed by atoms with Crippen LogP contribution in [0.1, 0.15) is 58.1 Å². The third-order valence-corrected chi connectivity index (χ3v) is 7.89. The first kappa shape index (κ1) is 21.7. The van der Waals surface area contributed by atoms with Crippen molar-refractivity contribution in [3.05, 3.63) is 42.0 Å². The summed E-state index contributed by atoms with van der Waals surface area (Å²) in [5.41, 5.74) is 0.108. The number of benzene rings is 1. The van der Waals surface area contributed by atoms with Crippen LogP contribution >= 0.6 is 0 Å². The molecule has 3 atom stereocenters. The Morgan fingerprint density at radius 1 is 1.27 bits per heavy atom. The van der Waals surface area contributed by atoms with E-state index >= 15 is 0 Å². The Balaban J connectivity index is 1.62. The number of hydrogen-bond donors (Lipinski definition) is 2. The molecule has 1 aromatic rings. The molecule has 7 nitrogen and oxygen atoms in total. The third-order valence-electron chi connectivity index (χ3n) is 7.89. The second-order valence-electron chi connectivity index (χ2n) is 10.7. The number of nitrogens with one attached hydrogen (secondary N) is 2. The Hall–Kier alpha value is -3.09. The molecule has 0 aliphatic carbocycles. The average Bonchev–Trinajstić information content (AvgIpc) is 3.35. The second-order valence-corrected chi connectivity index (χ2v) is 10.7. The number of carbonyl (C=O) groups excluding carboxylic acids is 3. The Kier molecular flexibility index (Phi) is 4.58. The van der Waals surface area contributed by atoms with E-state index in [-0.39, 0.29) is 30.2 Å². The van der Waals surface area contributed by atoms with E-state index in [0.29, 0.717) is 24.4 Å². The Labute approximate surface area is 194 Å². The lowest BCUT2D eigenvalue weighted by molar-refractivity contribution is -0.148. The maximum atomic E-state index is 13.8. The fourth-order valence-electron chi connectivity index (χ4n) is 5.85. The largest absolute Gasteiger partial charge is 0.483 e. The Morgan fingerprint density at radius 2 is 2.03 bits per heavy atom. The van der Waals surface area contributed by atoms with E-state index in [2.05, 4.69) is 17.2 Å². The maximum absolute atomic E-state index is 13.8. The molecule has 33 heavy (non-hydrogen) atoms. The summed E-state index contributed by atoms with van der Waals surface area (Å²) in [6.45, 7) is 12.5. The van der Waals surface area contributed by atoms with Gasteiger partial charge in [0.2, 0.25) is 17.7 Å². The number of allylic oxidation sites excluding steroid dienone is 1. The van der Waals surface area contributed by atoms with E-state index in [4.69, 9.17) is 4.74 Å². The lowest BCUT2D eigenvalue weighted by Gasteiger charge is -2.44. The van der Waals surface area contributed by atoms with Gasteiger partial charge < -0.3 is 20.3 Å². The van der Waals surface area contributed by atoms with Crippen LogP contribution < -0.4 is 15.4 Å². The van der Waals surface area contributed by atoms with Crippen molar-refractivity contribution in [3.8, 4) is 5.75 Å². The minimum Gasteiger partial charge on any atom is -0.483 e. The number of amides is 3. The number of anilines is 1. The Bertz CT molecular complexity index is 1120. The molecule has 0 radical (unpaired) electrons. The molecule has 2 N–H and O–H groups in total. The van der Waals surface area contributed by atoms with Crippen molar-refractivity contribution in [2.75, 3.05) is 11.9 Å². The summed E-state index contributed by atoms with van der Waals surface area (Å²) in [6.07, 6.45) is 7.39. The lowest BCUT2D eigenvalue weighted by Crippen LogP contribution is -2.63. The van der Waals surface area contributed by atoms with Gasteiger partial charge in [0, 0.05) is 17.5 Å². The number of rotatable bonds is 4. The maximum Gasteiger partial charge on any atom is 0.245 e. The molecule has 174 valence electrons. The molecule has 2 fully saturated rings. The van der Waals surface area contributed by atoms with Crippen LogP contribution in [-0.4, -0.2) is 46.9 Å². The minimum absolute atomic E-state index is 0.111. The van der Waals surface area contributed by atoms with Crippen molar-refractivity contribution >= 4 is 29.5 Å². The van der Waals surface area contributed by atoms with Crippen molar-refractivity contribution in [1.82, 2.24) is 10.2 Å². The van der Waals surface area contributed by atoms with Crippen LogP contribution in [0.15, 0.2) is 30.9 Å². The number of fused-ring (bicyclic) bond motifs is 4. The number of carbonyl (C=O) groups is 3. The first-order chi connectivity index (χ1) is 15.5. The quantitative estimate of drug-likeness (QED) is 0.692. The standard InChI is InChI=1S/C26H31N3O4/c1-6-24(2,3)26(14-17-22(31)29-13-7-8-18(29)21(30)27-17)16-9-10-19-15(20(16)28-23(26)32)11-12-25(4,5)33-19/h6,9-12,17-18H,1,7-8,13-14H2,2-5H3,(H,27,30)(H,28,32)/t17?,18-,26-/m0/s1. The van der Waals surface area contributed by atoms with Crippen LogP contribution in [0.5, 0.6) is 5.75 Å². The summed E-state index contributed by atoms with van der Waals surface area (Å²) in [5.74, 6) is 0.266. The smallest absolute Gasteiger partial charge is 0.245 e. The molecule has 5 rings (SSSR count). The van der Waals surface area contributed by atoms with Crippen molar-refractivity contribution in [3.63, 3.8) is 0 Å². The van der Waals surface area contributed by atoms with Crippen LogP contribution in [0.4, 0.5) is 5.69 Å². The van der Waals surface area contributed by atoms with Crippen molar-refractivity contribution in [1.29, 1.82) is 0 Å². The van der Waals surface area contributed by atoms with Crippen LogP contribution in [0, 0.1) is 5.41 Å². The second kappa shape index (κ2) is 6.95. The third kappa shape index (κ3) is 2.97. The molecule has 1 unspecified atom stereocenters. The fourth-order valence-corrected chi connectivity index (χ4v) is 5.85. The molecule has 4 aliphatic rings. The van der Waals surface area contributed by atoms with E-state index in [1.54, 1.807) is 11.0 Å². The zero-order valence-electron chi connectivity index (χ0n) is 19.7. The molecule has 1 aromatic carbocycles. The van der Waals surface area contributed by atoms with Crippen molar-refractivity contribution < 1.29 is 19.1 Å². The van der Waals surface area contributed by atoms with Gasteiger partial charge in [-0.15, -0.1) is 6.58 Å². The van der Waals surface area contributed by atoms with E-state index in [1.165, 1.54) is 0 Å². The van der Waals surface area contributed by atoms with Gasteiger partial charge >= 0.3 is 0 Å². The SMILES string of the molecule is C=CC(C)(C)[C@]1(CC2NC(=O)[C@@H]3CCCN3C2=O)C(=O)Nc2c1ccc1c2C=CC(C)(C)O1. The molecular formula is C26H31N3O4. The average molecular weight is 450 g/mol. The normalized spacial score (nSPS) is 29.6. The van der Waals surface area contributed by atoms with E-state index < -0.39 is 22.5 Å². The van der Waals surface area contributed by atoms with Gasteiger partial charge in [0.1, 0.15) is 23.4 Å². The summed E-state index contributed by atoms with van der Waals surface area (Å²) in [4.78, 5) is 41.6. The van der Waals surface area contributed by atoms with Gasteiger partial charge in [-0.25, -0.2) is 0 Å². The van der Waals surface area contributed by atoms with Gasteiger partial charge in [-0.2, -0.15) is 0 Å². The van der Waals surface area contributed by atoms with Crippen molar-refractivity contribution in [2.45, 2.75) is 70.1 Å². The van der Waals surface area contributed by atoms with Gasteiger partial charge in [-0.1, -0.05) is 26.0 Å². The molecule has 2 saturated heterocycles. The van der Waals surface area contributed by atoms with Gasteiger partial charge in [0.15, 0.2) is 0 Å². The predicted octanol–water partition coefficient (Wildman–Crippen LogP) is 3.15. The van der Waals surface area contributed by atoms with Gasteiger partial charge in [0.05, 0.1) is 11.1 Å². The first-order valence-electron chi connectivity index (χ1n) is 11.6. The highest BCUT2D eigenvalue weighted by Gasteiger charge is 2.59. The summed E-state index contributed by atoms with van der Waals surface area (Å²) < 4.78 is 6.11. The highest BCUT2D eigenvalue weighted by Crippen LogP contribution is 2.55. The van der Waals surface area contributed by atoms with Gasteiger partial charge in [0.25, 0.3) is 0 Å². The Morgan fingerprint density at radius 3 is 2.76 bits per heavy atom. The fraction of sp³-hybridized carbons (Fsp3) is 0.500. The van der Waals surface area contributed by atoms with Crippen LogP contribution in [0.25, 0.3) is 6.08 Å². The molecule has 3 amide bonds. The molecule has 0 bridgehead atoms. The minimum atomic E-state index is -1.08. The monoisotopic (exact) mass is 449 g/mol. The number of piperazine rings is 1. The molecule has 0 spiro atoms. The number of nitrogens with zero attached hydrogens (tertiary/aromatic N) is 1. The van der Waals surface area contributed by atoms with Crippen LogP contribution in [0.2, 0.25) is 0 Å². The van der Waals surface area contributed by atoms with Crippen LogP contribution in [0.3, 0.4) is 0 Å². The number of hydrogen-bond acceptors (Lipinski definition) is 4. The molecule has 4 aliphatic heterocycles. The summed E-state index contributed by atoms with van der Waals surface area (Å²) in [6, 6.07) is 2.65. The summed E-state index contributed by atoms with van der Waals surface area (Å²) in [7, 11) is 0. The zero-order chi connectivity index (χ0) is 23.8. The topological polar surface area (TPSA) is 87.7 Å². The van der Waals surface area contributed by atoms with E-state index in [1.807, 2.05) is 52.0 Å². The zero-order valence-corrected chi connectivity index (χ0v) is 19.7. The molecule has 7 heteroatoms. The lowest BCUT2D eigenvalue weighted by atomic mass is 9.59. The van der Waals surface area contributed by atoms with Crippen LogP contribution in [-0.2, 0) is 19.8 Å². The summed E-state index contributed by atoms with van der Waals surface area (Å²) >= 11 is 0. The molecule has 4 heterocycles. The number of ether oxygens (including phenoxy) is 1. The first-order valence-corrected chi connectivity index (χ1v) is 11.6. The van der Waals surface area contributed by atoms with Gasteiger partial charge in [-0.05, 0) is 56.9 Å².